The molecule has 0 fully saturated rings. The molecule has 0 bridgehead atoms. The molecule has 0 amide bonds. The van der Waals surface area contributed by atoms with Crippen LogP contribution in [0.15, 0.2) is 0 Å². The van der Waals surface area contributed by atoms with Crippen molar-refractivity contribution in [1.29, 1.82) is 0 Å². The van der Waals surface area contributed by atoms with Crippen molar-refractivity contribution in [3.05, 3.63) is 31.8 Å². The van der Waals surface area contributed by atoms with Crippen LogP contribution in [0.1, 0.15) is 47.1 Å². The zero-order valence-corrected chi connectivity index (χ0v) is 13.2. The zero-order valence-electron chi connectivity index (χ0n) is 10.9. The van der Waals surface area contributed by atoms with Gasteiger partial charge in [-0.15, -0.1) is 0 Å². The molecule has 104 valence electrons. The van der Waals surface area contributed by atoms with Crippen molar-refractivity contribution in [2.24, 2.45) is 5.41 Å². The summed E-state index contributed by atoms with van der Waals surface area (Å²) in [5.41, 5.74) is -0.832. The van der Waals surface area contributed by atoms with Gasteiger partial charge < -0.3 is 5.11 Å². The summed E-state index contributed by atoms with van der Waals surface area (Å²) in [5, 5.41) is 9.22. The molecule has 19 heavy (non-hydrogen) atoms. The van der Waals surface area contributed by atoms with E-state index in [9.17, 15) is 14.7 Å². The Morgan fingerprint density at radius 3 is 1.79 bits per heavy atom. The SMILES string of the molecule is Cc1c(Cl)c(Cl)c(Cl)c(C(=O)C(C)(C)C)c1C(=O)O. The van der Waals surface area contributed by atoms with Gasteiger partial charge in [0.05, 0.1) is 26.2 Å². The number of Topliss-reactive ketones (excluding diaryl/α,β-unsaturated/α-hetero) is 1. The van der Waals surface area contributed by atoms with Gasteiger partial charge in [-0.2, -0.15) is 0 Å². The molecule has 3 nitrogen and oxygen atoms in total. The topological polar surface area (TPSA) is 54.4 Å². The monoisotopic (exact) mass is 322 g/mol. The lowest BCUT2D eigenvalue weighted by molar-refractivity contribution is 0.0687. The van der Waals surface area contributed by atoms with E-state index in [1.165, 1.54) is 6.92 Å². The van der Waals surface area contributed by atoms with Crippen molar-refractivity contribution in [3.8, 4) is 0 Å². The highest BCUT2D eigenvalue weighted by Gasteiger charge is 2.33. The quantitative estimate of drug-likeness (QED) is 0.623. The van der Waals surface area contributed by atoms with E-state index in [4.69, 9.17) is 34.8 Å². The predicted octanol–water partition coefficient (Wildman–Crippen LogP) is 4.88. The van der Waals surface area contributed by atoms with E-state index >= 15 is 0 Å². The zero-order chi connectivity index (χ0) is 15.1. The van der Waals surface area contributed by atoms with Crippen LogP contribution in [0.2, 0.25) is 15.1 Å². The third-order valence-electron chi connectivity index (χ3n) is 2.68. The fraction of sp³-hybridized carbons (Fsp3) is 0.385. The number of carbonyl (C=O) groups is 2. The minimum absolute atomic E-state index is 0.00145. The third-order valence-corrected chi connectivity index (χ3v) is 4.10. The summed E-state index contributed by atoms with van der Waals surface area (Å²) in [6.07, 6.45) is 0. The van der Waals surface area contributed by atoms with Crippen LogP contribution >= 0.6 is 34.8 Å². The van der Waals surface area contributed by atoms with E-state index in [1.54, 1.807) is 20.8 Å². The van der Waals surface area contributed by atoms with Crippen molar-refractivity contribution < 1.29 is 14.7 Å². The van der Waals surface area contributed by atoms with E-state index in [1.807, 2.05) is 0 Å². The molecule has 0 aliphatic heterocycles. The number of carboxylic acids is 1. The Balaban J connectivity index is 3.82. The smallest absolute Gasteiger partial charge is 0.336 e. The van der Waals surface area contributed by atoms with Crippen molar-refractivity contribution in [2.75, 3.05) is 0 Å². The molecule has 0 radical (unpaired) electrons. The molecule has 0 saturated heterocycles. The molecular formula is C13H13Cl3O3. The van der Waals surface area contributed by atoms with Crippen molar-refractivity contribution >= 4 is 46.6 Å². The van der Waals surface area contributed by atoms with E-state index in [0.29, 0.717) is 0 Å². The average molecular weight is 324 g/mol. The molecule has 0 saturated carbocycles. The van der Waals surface area contributed by atoms with Gasteiger partial charge in [-0.1, -0.05) is 55.6 Å². The lowest BCUT2D eigenvalue weighted by Crippen LogP contribution is -2.24. The molecule has 6 heteroatoms. The number of carboxylic acid groups (broad SMARTS) is 1. The second kappa shape index (κ2) is 5.31. The number of benzene rings is 1. The molecule has 1 N–H and O–H groups in total. The lowest BCUT2D eigenvalue weighted by Gasteiger charge is -2.21. The van der Waals surface area contributed by atoms with Gasteiger partial charge in [0, 0.05) is 5.41 Å². The van der Waals surface area contributed by atoms with E-state index in [-0.39, 0.29) is 31.8 Å². The van der Waals surface area contributed by atoms with Gasteiger partial charge in [0.1, 0.15) is 0 Å². The Hall–Kier alpha value is -0.770. The highest BCUT2D eigenvalue weighted by molar-refractivity contribution is 6.50. The number of halogens is 3. The van der Waals surface area contributed by atoms with Gasteiger partial charge in [0.2, 0.25) is 0 Å². The lowest BCUT2D eigenvalue weighted by atomic mass is 9.83. The molecule has 0 aromatic heterocycles. The summed E-state index contributed by atoms with van der Waals surface area (Å²) in [4.78, 5) is 23.8. The second-order valence-corrected chi connectivity index (χ2v) is 6.34. The fourth-order valence-corrected chi connectivity index (χ4v) is 2.38. The van der Waals surface area contributed by atoms with Gasteiger partial charge in [0.15, 0.2) is 5.78 Å². The van der Waals surface area contributed by atoms with Gasteiger partial charge in [-0.25, -0.2) is 4.79 Å². The van der Waals surface area contributed by atoms with Crippen LogP contribution in [0.3, 0.4) is 0 Å². The normalized spacial score (nSPS) is 11.5. The van der Waals surface area contributed by atoms with E-state index in [2.05, 4.69) is 0 Å². The highest BCUT2D eigenvalue weighted by Crippen LogP contribution is 2.40. The van der Waals surface area contributed by atoms with E-state index < -0.39 is 17.2 Å². The van der Waals surface area contributed by atoms with Gasteiger partial charge in [-0.05, 0) is 12.5 Å². The first-order chi connectivity index (χ1) is 8.50. The Labute approximate surface area is 126 Å². The molecule has 1 aromatic carbocycles. The average Bonchev–Trinajstić information content (AvgIpc) is 2.28. The molecule has 0 atom stereocenters. The summed E-state index contributed by atoms with van der Waals surface area (Å²) in [7, 11) is 0. The van der Waals surface area contributed by atoms with Crippen LogP contribution in [0.5, 0.6) is 0 Å². The first kappa shape index (κ1) is 16.3. The fourth-order valence-electron chi connectivity index (χ4n) is 1.63. The number of ketones is 1. The number of rotatable bonds is 2. The minimum atomic E-state index is -1.26. The Bertz CT molecular complexity index is 572. The molecule has 0 spiro atoms. The summed E-state index contributed by atoms with van der Waals surface area (Å²) in [6, 6.07) is 0. The Morgan fingerprint density at radius 2 is 1.42 bits per heavy atom. The molecule has 0 aliphatic rings. The van der Waals surface area contributed by atoms with Crippen LogP contribution in [0.4, 0.5) is 0 Å². The number of hydrogen-bond acceptors (Lipinski definition) is 2. The molecule has 0 heterocycles. The van der Waals surface area contributed by atoms with E-state index in [0.717, 1.165) is 0 Å². The summed E-state index contributed by atoms with van der Waals surface area (Å²) in [6.45, 7) is 6.52. The van der Waals surface area contributed by atoms with Crippen LogP contribution in [-0.2, 0) is 0 Å². The summed E-state index contributed by atoms with van der Waals surface area (Å²) >= 11 is 17.9. The maximum absolute atomic E-state index is 12.4. The van der Waals surface area contributed by atoms with Crippen LogP contribution in [0, 0.1) is 12.3 Å². The second-order valence-electron chi connectivity index (χ2n) is 5.20. The minimum Gasteiger partial charge on any atom is -0.478 e. The Morgan fingerprint density at radius 1 is 0.947 bits per heavy atom. The molecule has 1 aromatic rings. The van der Waals surface area contributed by atoms with Crippen molar-refractivity contribution in [3.63, 3.8) is 0 Å². The molecule has 0 unspecified atom stereocenters. The standard InChI is InChI=1S/C13H13Cl3O3/c1-5-6(12(18)19)7(11(17)13(2,3)4)9(15)10(16)8(5)14/h1-4H3,(H,18,19). The largest absolute Gasteiger partial charge is 0.478 e. The number of hydrogen-bond donors (Lipinski definition) is 1. The maximum atomic E-state index is 12.4. The first-order valence-electron chi connectivity index (χ1n) is 5.45. The van der Waals surface area contributed by atoms with Gasteiger partial charge >= 0.3 is 5.97 Å². The summed E-state index contributed by atoms with van der Waals surface area (Å²) < 4.78 is 0. The highest BCUT2D eigenvalue weighted by atomic mass is 35.5. The van der Waals surface area contributed by atoms with Crippen LogP contribution in [-0.4, -0.2) is 16.9 Å². The maximum Gasteiger partial charge on any atom is 0.336 e. The predicted molar refractivity (Wildman–Crippen MR) is 77.0 cm³/mol. The molecule has 0 aliphatic carbocycles. The number of carbonyl (C=O) groups excluding carboxylic acids is 1. The Kier molecular flexibility index (Phi) is 4.55. The summed E-state index contributed by atoms with van der Waals surface area (Å²) in [5.74, 6) is -1.65. The number of aromatic carboxylic acids is 1. The third kappa shape index (κ3) is 2.88. The van der Waals surface area contributed by atoms with Crippen molar-refractivity contribution in [2.45, 2.75) is 27.7 Å². The van der Waals surface area contributed by atoms with Crippen molar-refractivity contribution in [1.82, 2.24) is 0 Å². The molecular weight excluding hydrogens is 310 g/mol. The van der Waals surface area contributed by atoms with Gasteiger partial charge in [0.25, 0.3) is 0 Å². The first-order valence-corrected chi connectivity index (χ1v) is 6.58. The van der Waals surface area contributed by atoms with Crippen LogP contribution in [0.25, 0.3) is 0 Å². The van der Waals surface area contributed by atoms with Crippen LogP contribution < -0.4 is 0 Å². The molecule has 1 rings (SSSR count). The van der Waals surface area contributed by atoms with Gasteiger partial charge in [-0.3, -0.25) is 4.79 Å².